The van der Waals surface area contributed by atoms with Crippen molar-refractivity contribution < 1.29 is 23.8 Å². The fraction of sp³-hybridized carbons (Fsp3) is 0.409. The quantitative estimate of drug-likeness (QED) is 0.550. The summed E-state index contributed by atoms with van der Waals surface area (Å²) in [5, 5.41) is 24.9. The molecule has 2 atom stereocenters. The van der Waals surface area contributed by atoms with Crippen molar-refractivity contribution in [2.45, 2.75) is 45.1 Å². The van der Waals surface area contributed by atoms with Crippen LogP contribution in [0.25, 0.3) is 11.4 Å². The molecule has 0 spiro atoms. The van der Waals surface area contributed by atoms with Crippen molar-refractivity contribution in [2.24, 2.45) is 0 Å². The van der Waals surface area contributed by atoms with Crippen molar-refractivity contribution in [3.63, 3.8) is 0 Å². The normalized spacial score (nSPS) is 18.2. The molecule has 33 heavy (non-hydrogen) atoms. The number of aryl methyl sites for hydroxylation is 1. The molecule has 2 aromatic heterocycles. The molecule has 11 heteroatoms. The first-order chi connectivity index (χ1) is 15.9. The Kier molecular flexibility index (Phi) is 6.90. The van der Waals surface area contributed by atoms with Gasteiger partial charge >= 0.3 is 0 Å². The Morgan fingerprint density at radius 2 is 2.18 bits per heavy atom. The van der Waals surface area contributed by atoms with Crippen LogP contribution in [-0.4, -0.2) is 62.1 Å². The van der Waals surface area contributed by atoms with Crippen molar-refractivity contribution in [1.82, 2.24) is 30.5 Å². The fourth-order valence-electron chi connectivity index (χ4n) is 3.56. The highest BCUT2D eigenvalue weighted by Gasteiger charge is 2.21. The molecule has 1 saturated heterocycles. The number of ether oxygens (including phenoxy) is 2. The number of halogens is 1. The molecule has 0 unspecified atom stereocenters. The van der Waals surface area contributed by atoms with E-state index in [4.69, 9.17) is 9.47 Å². The highest BCUT2D eigenvalue weighted by molar-refractivity contribution is 5.93. The molecule has 1 aliphatic heterocycles. The number of hydrogen-bond donors (Lipinski definition) is 2. The van der Waals surface area contributed by atoms with Gasteiger partial charge in [0.15, 0.2) is 11.6 Å². The lowest BCUT2D eigenvalue weighted by Crippen LogP contribution is -2.32. The van der Waals surface area contributed by atoms with Gasteiger partial charge in [-0.15, -0.1) is 10.2 Å². The summed E-state index contributed by atoms with van der Waals surface area (Å²) in [5.74, 6) is -0.370. The van der Waals surface area contributed by atoms with Gasteiger partial charge in [0, 0.05) is 17.8 Å². The fourth-order valence-corrected chi connectivity index (χ4v) is 3.56. The second kappa shape index (κ2) is 10.0. The van der Waals surface area contributed by atoms with E-state index in [1.165, 1.54) is 24.0 Å². The molecule has 3 aromatic rings. The Balaban J connectivity index is 1.43. The molecule has 1 aliphatic rings. The van der Waals surface area contributed by atoms with Crippen LogP contribution in [0, 0.1) is 12.7 Å². The highest BCUT2D eigenvalue weighted by Crippen LogP contribution is 2.20. The third-order valence-electron chi connectivity index (χ3n) is 5.28. The van der Waals surface area contributed by atoms with Crippen LogP contribution >= 0.6 is 0 Å². The van der Waals surface area contributed by atoms with E-state index in [0.29, 0.717) is 42.2 Å². The summed E-state index contributed by atoms with van der Waals surface area (Å²) in [7, 11) is 1.38. The molecule has 3 heterocycles. The summed E-state index contributed by atoms with van der Waals surface area (Å²) in [6, 6.07) is 7.77. The van der Waals surface area contributed by atoms with E-state index in [1.54, 1.807) is 25.1 Å². The van der Waals surface area contributed by atoms with Gasteiger partial charge in [-0.3, -0.25) is 4.79 Å². The molecule has 174 valence electrons. The number of pyridine rings is 1. The first-order valence-corrected chi connectivity index (χ1v) is 10.6. The maximum atomic E-state index is 13.6. The molecule has 0 bridgehead atoms. The summed E-state index contributed by atoms with van der Waals surface area (Å²) in [5.41, 5.74) is 2.14. The lowest BCUT2D eigenvalue weighted by atomic mass is 10.1. The van der Waals surface area contributed by atoms with Gasteiger partial charge in [0.05, 0.1) is 32.5 Å². The maximum absolute atomic E-state index is 13.6. The van der Waals surface area contributed by atoms with Crippen molar-refractivity contribution >= 4 is 5.91 Å². The van der Waals surface area contributed by atoms with Crippen molar-refractivity contribution in [3.05, 3.63) is 53.1 Å². The number of tetrazole rings is 1. The van der Waals surface area contributed by atoms with E-state index in [2.05, 4.69) is 25.7 Å². The first kappa shape index (κ1) is 22.7. The van der Waals surface area contributed by atoms with E-state index in [0.717, 1.165) is 6.42 Å². The summed E-state index contributed by atoms with van der Waals surface area (Å²) in [6.07, 6.45) is 0.895. The molecule has 4 rings (SSSR count). The number of methoxy groups -OCH3 is 1. The molecule has 0 radical (unpaired) electrons. The SMILES string of the molecule is COc1cc(CNC(=O)c2cc(-c3nnn(C[C@@H]4CC[C@@H](O)CO4)n3)cc(C)n2)ccc1F. The molecule has 1 fully saturated rings. The van der Waals surface area contributed by atoms with E-state index in [9.17, 15) is 14.3 Å². The van der Waals surface area contributed by atoms with E-state index in [-0.39, 0.29) is 30.0 Å². The smallest absolute Gasteiger partial charge is 0.270 e. The van der Waals surface area contributed by atoms with Crippen LogP contribution in [0.4, 0.5) is 4.39 Å². The molecule has 1 aromatic carbocycles. The molecular formula is C22H25FN6O4. The number of carbonyl (C=O) groups is 1. The zero-order valence-electron chi connectivity index (χ0n) is 18.4. The number of carbonyl (C=O) groups excluding carboxylic acids is 1. The summed E-state index contributed by atoms with van der Waals surface area (Å²) in [4.78, 5) is 18.4. The van der Waals surface area contributed by atoms with Gasteiger partial charge in [-0.05, 0) is 54.8 Å². The van der Waals surface area contributed by atoms with Crippen LogP contribution < -0.4 is 10.1 Å². The van der Waals surface area contributed by atoms with Gasteiger partial charge in [-0.25, -0.2) is 9.37 Å². The third kappa shape index (κ3) is 5.68. The van der Waals surface area contributed by atoms with Crippen molar-refractivity contribution in [1.29, 1.82) is 0 Å². The molecular weight excluding hydrogens is 431 g/mol. The Bertz CT molecular complexity index is 1130. The minimum Gasteiger partial charge on any atom is -0.494 e. The minimum atomic E-state index is -0.467. The van der Waals surface area contributed by atoms with E-state index < -0.39 is 11.9 Å². The first-order valence-electron chi connectivity index (χ1n) is 10.6. The monoisotopic (exact) mass is 456 g/mol. The molecule has 1 amide bonds. The third-order valence-corrected chi connectivity index (χ3v) is 5.28. The average molecular weight is 456 g/mol. The largest absolute Gasteiger partial charge is 0.494 e. The predicted octanol–water partition coefficient (Wildman–Crippen LogP) is 1.66. The van der Waals surface area contributed by atoms with Gasteiger partial charge in [-0.1, -0.05) is 6.07 Å². The van der Waals surface area contributed by atoms with Crippen LogP contribution in [0.5, 0.6) is 5.75 Å². The Labute approximate surface area is 189 Å². The zero-order chi connectivity index (χ0) is 23.4. The highest BCUT2D eigenvalue weighted by atomic mass is 19.1. The standard InChI is InChI=1S/C22H25FN6O4/c1-13-7-15(21-26-28-29(27-21)11-17-5-4-16(30)12-33-17)9-19(25-13)22(31)24-10-14-3-6-18(23)20(8-14)32-2/h3,6-9,16-17,30H,4-5,10-12H2,1-2H3,(H,24,31)/t16-,17+/m1/s1. The number of aliphatic hydroxyl groups is 1. The van der Waals surface area contributed by atoms with Crippen molar-refractivity contribution in [3.8, 4) is 17.1 Å². The van der Waals surface area contributed by atoms with Crippen LogP contribution in [0.3, 0.4) is 0 Å². The van der Waals surface area contributed by atoms with Gasteiger partial charge in [0.2, 0.25) is 5.82 Å². The summed E-state index contributed by atoms with van der Waals surface area (Å²) >= 11 is 0. The number of aliphatic hydroxyl groups excluding tert-OH is 1. The number of aromatic nitrogens is 5. The number of rotatable bonds is 7. The molecule has 2 N–H and O–H groups in total. The van der Waals surface area contributed by atoms with Crippen LogP contribution in [0.15, 0.2) is 30.3 Å². The van der Waals surface area contributed by atoms with Crippen LogP contribution in [0.1, 0.15) is 34.6 Å². The minimum absolute atomic E-state index is 0.0824. The van der Waals surface area contributed by atoms with Crippen LogP contribution in [0.2, 0.25) is 0 Å². The predicted molar refractivity (Wildman–Crippen MR) is 115 cm³/mol. The molecule has 0 aliphatic carbocycles. The molecule has 10 nitrogen and oxygen atoms in total. The average Bonchev–Trinajstić information content (AvgIpc) is 3.28. The Hall–Kier alpha value is -3.44. The van der Waals surface area contributed by atoms with Crippen molar-refractivity contribution in [2.75, 3.05) is 13.7 Å². The second-order valence-electron chi connectivity index (χ2n) is 7.89. The topological polar surface area (TPSA) is 124 Å². The van der Waals surface area contributed by atoms with Gasteiger partial charge in [-0.2, -0.15) is 4.80 Å². The molecule has 0 saturated carbocycles. The lowest BCUT2D eigenvalue weighted by molar-refractivity contribution is -0.0636. The number of benzene rings is 1. The number of nitrogens with zero attached hydrogens (tertiary/aromatic N) is 5. The summed E-state index contributed by atoms with van der Waals surface area (Å²) < 4.78 is 24.1. The Morgan fingerprint density at radius 3 is 2.94 bits per heavy atom. The lowest BCUT2D eigenvalue weighted by Gasteiger charge is -2.25. The Morgan fingerprint density at radius 1 is 1.33 bits per heavy atom. The van der Waals surface area contributed by atoms with E-state index in [1.807, 2.05) is 0 Å². The zero-order valence-corrected chi connectivity index (χ0v) is 18.4. The maximum Gasteiger partial charge on any atom is 0.270 e. The van der Waals surface area contributed by atoms with Gasteiger partial charge in [0.1, 0.15) is 5.69 Å². The van der Waals surface area contributed by atoms with E-state index >= 15 is 0 Å². The van der Waals surface area contributed by atoms with Gasteiger partial charge in [0.25, 0.3) is 5.91 Å². The van der Waals surface area contributed by atoms with Crippen LogP contribution in [-0.2, 0) is 17.8 Å². The number of amides is 1. The summed E-state index contributed by atoms with van der Waals surface area (Å²) in [6.45, 7) is 2.69. The number of nitrogens with one attached hydrogen (secondary N) is 1. The second-order valence-corrected chi connectivity index (χ2v) is 7.89. The number of hydrogen-bond acceptors (Lipinski definition) is 8. The van der Waals surface area contributed by atoms with Gasteiger partial charge < -0.3 is 19.9 Å².